The SMILES string of the molecule is Cc1nn(CC(C)C)c(Cl)c1/C=C/C(=O)NCC(C)O. The Bertz CT molecular complexity index is 493. The summed E-state index contributed by atoms with van der Waals surface area (Å²) in [6.45, 7) is 8.61. The van der Waals surface area contributed by atoms with Gasteiger partial charge in [-0.25, -0.2) is 0 Å². The van der Waals surface area contributed by atoms with E-state index in [1.54, 1.807) is 17.7 Å². The number of halogens is 1. The smallest absolute Gasteiger partial charge is 0.244 e. The average Bonchev–Trinajstić information content (AvgIpc) is 2.59. The highest BCUT2D eigenvalue weighted by molar-refractivity contribution is 6.31. The van der Waals surface area contributed by atoms with Gasteiger partial charge in [-0.3, -0.25) is 9.48 Å². The van der Waals surface area contributed by atoms with Crippen molar-refractivity contribution in [3.8, 4) is 0 Å². The summed E-state index contributed by atoms with van der Waals surface area (Å²) < 4.78 is 1.74. The van der Waals surface area contributed by atoms with Crippen molar-refractivity contribution in [3.05, 3.63) is 22.5 Å². The van der Waals surface area contributed by atoms with E-state index in [-0.39, 0.29) is 12.5 Å². The van der Waals surface area contributed by atoms with Crippen LogP contribution in [0.3, 0.4) is 0 Å². The standard InChI is InChI=1S/C14H22ClN3O2/c1-9(2)8-18-14(15)12(11(4)17-18)5-6-13(20)16-7-10(3)19/h5-6,9-10,19H,7-8H2,1-4H3,(H,16,20)/b6-5+. The molecule has 1 aromatic rings. The second kappa shape index (κ2) is 7.45. The number of nitrogens with zero attached hydrogens (tertiary/aromatic N) is 2. The molecule has 0 spiro atoms. The molecule has 0 bridgehead atoms. The summed E-state index contributed by atoms with van der Waals surface area (Å²) in [4.78, 5) is 11.5. The van der Waals surface area contributed by atoms with Gasteiger partial charge in [-0.15, -0.1) is 0 Å². The van der Waals surface area contributed by atoms with E-state index in [9.17, 15) is 4.79 Å². The Hall–Kier alpha value is -1.33. The van der Waals surface area contributed by atoms with Crippen molar-refractivity contribution >= 4 is 23.6 Å². The normalized spacial score (nSPS) is 13.2. The van der Waals surface area contributed by atoms with Crippen LogP contribution in [0.5, 0.6) is 0 Å². The Morgan fingerprint density at radius 3 is 2.70 bits per heavy atom. The molecule has 1 amide bonds. The number of rotatable bonds is 6. The van der Waals surface area contributed by atoms with Crippen LogP contribution in [0, 0.1) is 12.8 Å². The lowest BCUT2D eigenvalue weighted by molar-refractivity contribution is -0.116. The topological polar surface area (TPSA) is 67.2 Å². The minimum Gasteiger partial charge on any atom is -0.392 e. The molecule has 1 rings (SSSR count). The average molecular weight is 300 g/mol. The molecular formula is C14H22ClN3O2. The molecule has 112 valence electrons. The Kier molecular flexibility index (Phi) is 6.23. The van der Waals surface area contributed by atoms with Crippen LogP contribution >= 0.6 is 11.6 Å². The van der Waals surface area contributed by atoms with Crippen molar-refractivity contribution in [2.75, 3.05) is 6.54 Å². The number of aryl methyl sites for hydroxylation is 1. The van der Waals surface area contributed by atoms with Gasteiger partial charge in [-0.2, -0.15) is 5.10 Å². The van der Waals surface area contributed by atoms with Gasteiger partial charge in [0.15, 0.2) is 0 Å². The second-order valence-electron chi connectivity index (χ2n) is 5.29. The van der Waals surface area contributed by atoms with Gasteiger partial charge in [-0.1, -0.05) is 25.4 Å². The fourth-order valence-corrected chi connectivity index (χ4v) is 2.00. The van der Waals surface area contributed by atoms with Crippen LogP contribution in [0.25, 0.3) is 6.08 Å². The molecule has 2 N–H and O–H groups in total. The van der Waals surface area contributed by atoms with Crippen LogP contribution in [-0.2, 0) is 11.3 Å². The quantitative estimate of drug-likeness (QED) is 0.790. The molecule has 20 heavy (non-hydrogen) atoms. The van der Waals surface area contributed by atoms with E-state index in [0.29, 0.717) is 11.1 Å². The van der Waals surface area contributed by atoms with Crippen molar-refractivity contribution < 1.29 is 9.90 Å². The van der Waals surface area contributed by atoms with E-state index < -0.39 is 6.10 Å². The van der Waals surface area contributed by atoms with Gasteiger partial charge in [0.1, 0.15) is 5.15 Å². The fraction of sp³-hybridized carbons (Fsp3) is 0.571. The molecule has 0 saturated carbocycles. The van der Waals surface area contributed by atoms with Gasteiger partial charge in [0.25, 0.3) is 0 Å². The number of nitrogens with one attached hydrogen (secondary N) is 1. The first-order valence-corrected chi connectivity index (χ1v) is 7.06. The summed E-state index contributed by atoms with van der Waals surface area (Å²) in [5.74, 6) is 0.177. The van der Waals surface area contributed by atoms with Gasteiger partial charge in [0.2, 0.25) is 5.91 Å². The number of hydrogen-bond acceptors (Lipinski definition) is 3. The van der Waals surface area contributed by atoms with Crippen molar-refractivity contribution in [2.24, 2.45) is 5.92 Å². The molecule has 6 heteroatoms. The minimum atomic E-state index is -0.563. The molecule has 0 aliphatic rings. The monoisotopic (exact) mass is 299 g/mol. The summed E-state index contributed by atoms with van der Waals surface area (Å²) in [6.07, 6.45) is 2.49. The lowest BCUT2D eigenvalue weighted by atomic mass is 10.2. The maximum absolute atomic E-state index is 11.5. The van der Waals surface area contributed by atoms with Crippen LogP contribution in [0.1, 0.15) is 32.0 Å². The van der Waals surface area contributed by atoms with E-state index in [0.717, 1.165) is 17.8 Å². The zero-order valence-electron chi connectivity index (χ0n) is 12.4. The van der Waals surface area contributed by atoms with E-state index in [1.165, 1.54) is 6.08 Å². The Morgan fingerprint density at radius 2 is 2.15 bits per heavy atom. The highest BCUT2D eigenvalue weighted by Crippen LogP contribution is 2.22. The number of hydrogen-bond donors (Lipinski definition) is 2. The number of amides is 1. The Morgan fingerprint density at radius 1 is 1.50 bits per heavy atom. The molecule has 1 unspecified atom stereocenters. The lowest BCUT2D eigenvalue weighted by Crippen LogP contribution is -2.28. The Balaban J connectivity index is 2.77. The van der Waals surface area contributed by atoms with E-state index >= 15 is 0 Å². The second-order valence-corrected chi connectivity index (χ2v) is 5.65. The predicted molar refractivity (Wildman–Crippen MR) is 80.5 cm³/mol. The van der Waals surface area contributed by atoms with Crippen LogP contribution in [0.15, 0.2) is 6.08 Å². The highest BCUT2D eigenvalue weighted by atomic mass is 35.5. The lowest BCUT2D eigenvalue weighted by Gasteiger charge is -2.05. The van der Waals surface area contributed by atoms with Crippen molar-refractivity contribution in [1.29, 1.82) is 0 Å². The fourth-order valence-electron chi connectivity index (χ4n) is 1.69. The summed E-state index contributed by atoms with van der Waals surface area (Å²) in [5.41, 5.74) is 1.54. The first-order valence-electron chi connectivity index (χ1n) is 6.68. The summed E-state index contributed by atoms with van der Waals surface area (Å²) >= 11 is 6.26. The number of aliphatic hydroxyl groups excluding tert-OH is 1. The number of carbonyl (C=O) groups excluding carboxylic acids is 1. The molecule has 0 aliphatic heterocycles. The van der Waals surface area contributed by atoms with Crippen molar-refractivity contribution in [2.45, 2.75) is 40.3 Å². The molecule has 0 aromatic carbocycles. The van der Waals surface area contributed by atoms with Crippen LogP contribution in [0.4, 0.5) is 0 Å². The largest absolute Gasteiger partial charge is 0.392 e. The number of aromatic nitrogens is 2. The molecule has 0 fully saturated rings. The summed E-state index contributed by atoms with van der Waals surface area (Å²) in [7, 11) is 0. The van der Waals surface area contributed by atoms with Gasteiger partial charge in [-0.05, 0) is 25.8 Å². The van der Waals surface area contributed by atoms with Crippen molar-refractivity contribution in [3.63, 3.8) is 0 Å². The maximum atomic E-state index is 11.5. The molecule has 1 atom stereocenters. The van der Waals surface area contributed by atoms with Crippen molar-refractivity contribution in [1.82, 2.24) is 15.1 Å². The van der Waals surface area contributed by atoms with E-state index in [4.69, 9.17) is 16.7 Å². The Labute approximate surface area is 124 Å². The van der Waals surface area contributed by atoms with Gasteiger partial charge < -0.3 is 10.4 Å². The third-order valence-electron chi connectivity index (χ3n) is 2.62. The summed E-state index contributed by atoms with van der Waals surface area (Å²) in [5, 5.41) is 16.6. The van der Waals surface area contributed by atoms with Gasteiger partial charge in [0, 0.05) is 24.7 Å². The predicted octanol–water partition coefficient (Wildman–Crippen LogP) is 2.01. The molecule has 0 saturated heterocycles. The first-order chi connectivity index (χ1) is 9.31. The van der Waals surface area contributed by atoms with E-state index in [1.807, 2.05) is 6.92 Å². The first kappa shape index (κ1) is 16.7. The van der Waals surface area contributed by atoms with Crippen LogP contribution < -0.4 is 5.32 Å². The van der Waals surface area contributed by atoms with Crippen LogP contribution in [-0.4, -0.2) is 33.4 Å². The van der Waals surface area contributed by atoms with Gasteiger partial charge >= 0.3 is 0 Å². The molecule has 0 aliphatic carbocycles. The minimum absolute atomic E-state index is 0.225. The summed E-state index contributed by atoms with van der Waals surface area (Å²) in [6, 6.07) is 0. The third kappa shape index (κ3) is 4.98. The molecule has 1 aromatic heterocycles. The maximum Gasteiger partial charge on any atom is 0.244 e. The number of carbonyl (C=O) groups is 1. The molecule has 1 heterocycles. The third-order valence-corrected chi connectivity index (χ3v) is 3.02. The highest BCUT2D eigenvalue weighted by Gasteiger charge is 2.12. The van der Waals surface area contributed by atoms with E-state index in [2.05, 4.69) is 24.3 Å². The molecule has 0 radical (unpaired) electrons. The van der Waals surface area contributed by atoms with Gasteiger partial charge in [0.05, 0.1) is 11.8 Å². The van der Waals surface area contributed by atoms with Crippen LogP contribution in [0.2, 0.25) is 5.15 Å². The zero-order valence-corrected chi connectivity index (χ0v) is 13.1. The molecule has 5 nitrogen and oxygen atoms in total. The zero-order chi connectivity index (χ0) is 15.3. The number of aliphatic hydroxyl groups is 1. The molecular weight excluding hydrogens is 278 g/mol.